The standard InChI is InChI=1S/C19H19N3O/c23-16-4-1-3-14(11-16)13-22-9-6-15(7-10-22)18-12-21-19-17(18)5-2-8-20-19/h1-6,8,11-12,23H,7,9-10,13H2,(H,20,21). The largest absolute Gasteiger partial charge is 0.508 e. The third-order valence-corrected chi connectivity index (χ3v) is 4.41. The lowest BCUT2D eigenvalue weighted by Gasteiger charge is -2.26. The molecule has 4 rings (SSSR count). The van der Waals surface area contributed by atoms with Crippen molar-refractivity contribution < 1.29 is 5.11 Å². The van der Waals surface area contributed by atoms with Crippen LogP contribution in [0.1, 0.15) is 17.5 Å². The van der Waals surface area contributed by atoms with Crippen LogP contribution in [0, 0.1) is 0 Å². The quantitative estimate of drug-likeness (QED) is 0.778. The van der Waals surface area contributed by atoms with Gasteiger partial charge in [-0.05, 0) is 41.8 Å². The Labute approximate surface area is 135 Å². The van der Waals surface area contributed by atoms with Crippen molar-refractivity contribution in [2.24, 2.45) is 0 Å². The van der Waals surface area contributed by atoms with E-state index in [-0.39, 0.29) is 0 Å². The maximum atomic E-state index is 9.57. The number of phenolic OH excluding ortho intramolecular Hbond substituents is 1. The zero-order chi connectivity index (χ0) is 15.6. The Morgan fingerprint density at radius 1 is 1.22 bits per heavy atom. The Hall–Kier alpha value is -2.59. The van der Waals surface area contributed by atoms with Crippen molar-refractivity contribution in [3.05, 3.63) is 66.0 Å². The lowest BCUT2D eigenvalue weighted by Crippen LogP contribution is -2.27. The van der Waals surface area contributed by atoms with Gasteiger partial charge in [-0.25, -0.2) is 4.98 Å². The molecule has 2 aromatic heterocycles. The molecule has 3 aromatic rings. The van der Waals surface area contributed by atoms with Crippen LogP contribution >= 0.6 is 0 Å². The number of nitrogens with zero attached hydrogens (tertiary/aromatic N) is 2. The van der Waals surface area contributed by atoms with Gasteiger partial charge in [0, 0.05) is 43.0 Å². The summed E-state index contributed by atoms with van der Waals surface area (Å²) in [5.41, 5.74) is 4.75. The van der Waals surface area contributed by atoms with E-state index in [0.717, 1.165) is 37.3 Å². The van der Waals surface area contributed by atoms with E-state index in [4.69, 9.17) is 0 Å². The molecule has 0 unspecified atom stereocenters. The van der Waals surface area contributed by atoms with Crippen molar-refractivity contribution in [3.8, 4) is 5.75 Å². The molecule has 116 valence electrons. The van der Waals surface area contributed by atoms with Crippen molar-refractivity contribution in [2.45, 2.75) is 13.0 Å². The summed E-state index contributed by atoms with van der Waals surface area (Å²) in [5.74, 6) is 0.335. The number of aromatic hydroxyl groups is 1. The summed E-state index contributed by atoms with van der Waals surface area (Å²) in [7, 11) is 0. The molecule has 0 saturated heterocycles. The highest BCUT2D eigenvalue weighted by atomic mass is 16.3. The first kappa shape index (κ1) is 14.0. The predicted molar refractivity (Wildman–Crippen MR) is 92.1 cm³/mol. The van der Waals surface area contributed by atoms with Crippen LogP contribution in [0.15, 0.2) is 54.9 Å². The third-order valence-electron chi connectivity index (χ3n) is 4.41. The molecule has 0 saturated carbocycles. The summed E-state index contributed by atoms with van der Waals surface area (Å²) in [6.07, 6.45) is 7.21. The van der Waals surface area contributed by atoms with Crippen molar-refractivity contribution in [3.63, 3.8) is 0 Å². The fraction of sp³-hybridized carbons (Fsp3) is 0.211. The van der Waals surface area contributed by atoms with Crippen molar-refractivity contribution >= 4 is 16.6 Å². The van der Waals surface area contributed by atoms with Gasteiger partial charge < -0.3 is 10.1 Å². The molecule has 0 amide bonds. The van der Waals surface area contributed by atoms with E-state index in [1.54, 1.807) is 6.07 Å². The van der Waals surface area contributed by atoms with Crippen LogP contribution in [0.3, 0.4) is 0 Å². The van der Waals surface area contributed by atoms with E-state index in [1.807, 2.05) is 24.4 Å². The van der Waals surface area contributed by atoms with Crippen LogP contribution < -0.4 is 0 Å². The number of aromatic nitrogens is 2. The molecule has 23 heavy (non-hydrogen) atoms. The number of benzene rings is 1. The van der Waals surface area contributed by atoms with E-state index in [2.05, 4.69) is 39.3 Å². The monoisotopic (exact) mass is 305 g/mol. The van der Waals surface area contributed by atoms with E-state index >= 15 is 0 Å². The highest BCUT2D eigenvalue weighted by Crippen LogP contribution is 2.28. The molecule has 3 heterocycles. The van der Waals surface area contributed by atoms with Crippen LogP contribution in [0.5, 0.6) is 5.75 Å². The second kappa shape index (κ2) is 5.89. The molecule has 0 radical (unpaired) electrons. The van der Waals surface area contributed by atoms with Crippen LogP contribution in [-0.4, -0.2) is 33.1 Å². The zero-order valence-electron chi connectivity index (χ0n) is 12.9. The number of H-pyrrole nitrogens is 1. The molecular weight excluding hydrogens is 286 g/mol. The fourth-order valence-corrected chi connectivity index (χ4v) is 3.23. The molecule has 2 N–H and O–H groups in total. The molecule has 0 fully saturated rings. The van der Waals surface area contributed by atoms with Crippen LogP contribution in [0.4, 0.5) is 0 Å². The smallest absolute Gasteiger partial charge is 0.137 e. The topological polar surface area (TPSA) is 52.1 Å². The number of hydrogen-bond acceptors (Lipinski definition) is 3. The minimum absolute atomic E-state index is 0.335. The summed E-state index contributed by atoms with van der Waals surface area (Å²) >= 11 is 0. The van der Waals surface area contributed by atoms with Crippen molar-refractivity contribution in [2.75, 3.05) is 13.1 Å². The van der Waals surface area contributed by atoms with E-state index in [9.17, 15) is 5.11 Å². The first-order valence-corrected chi connectivity index (χ1v) is 7.91. The van der Waals surface area contributed by atoms with Crippen molar-refractivity contribution in [1.82, 2.24) is 14.9 Å². The Balaban J connectivity index is 1.51. The van der Waals surface area contributed by atoms with Gasteiger partial charge in [-0.1, -0.05) is 18.2 Å². The number of fused-ring (bicyclic) bond motifs is 1. The lowest BCUT2D eigenvalue weighted by molar-refractivity contribution is 0.293. The summed E-state index contributed by atoms with van der Waals surface area (Å²) in [5, 5.41) is 10.8. The molecule has 1 aliphatic heterocycles. The van der Waals surface area contributed by atoms with Gasteiger partial charge in [-0.3, -0.25) is 4.90 Å². The summed E-state index contributed by atoms with van der Waals surface area (Å²) in [6, 6.07) is 11.6. The second-order valence-electron chi connectivity index (χ2n) is 5.99. The van der Waals surface area contributed by atoms with Gasteiger partial charge in [-0.2, -0.15) is 0 Å². The van der Waals surface area contributed by atoms with Crippen LogP contribution in [0.2, 0.25) is 0 Å². The number of hydrogen-bond donors (Lipinski definition) is 2. The molecular formula is C19H19N3O. The maximum Gasteiger partial charge on any atom is 0.137 e. The minimum atomic E-state index is 0.335. The Bertz CT molecular complexity index is 866. The van der Waals surface area contributed by atoms with Crippen LogP contribution in [0.25, 0.3) is 16.6 Å². The molecule has 0 aliphatic carbocycles. The highest BCUT2D eigenvalue weighted by Gasteiger charge is 2.16. The SMILES string of the molecule is Oc1cccc(CN2CC=C(c3c[nH]c4ncccc34)CC2)c1. The Kier molecular flexibility index (Phi) is 3.60. The molecule has 0 spiro atoms. The Morgan fingerprint density at radius 2 is 2.17 bits per heavy atom. The average molecular weight is 305 g/mol. The summed E-state index contributed by atoms with van der Waals surface area (Å²) in [6.45, 7) is 2.82. The number of nitrogens with one attached hydrogen (secondary N) is 1. The first-order chi connectivity index (χ1) is 11.3. The molecule has 4 nitrogen and oxygen atoms in total. The fourth-order valence-electron chi connectivity index (χ4n) is 3.23. The van der Waals surface area contributed by atoms with Gasteiger partial charge in [0.2, 0.25) is 0 Å². The Morgan fingerprint density at radius 3 is 3.00 bits per heavy atom. The summed E-state index contributed by atoms with van der Waals surface area (Å²) in [4.78, 5) is 10.0. The van der Waals surface area contributed by atoms with E-state index in [1.165, 1.54) is 16.5 Å². The van der Waals surface area contributed by atoms with Gasteiger partial charge in [0.15, 0.2) is 0 Å². The second-order valence-corrected chi connectivity index (χ2v) is 5.99. The lowest BCUT2D eigenvalue weighted by atomic mass is 9.99. The predicted octanol–water partition coefficient (Wildman–Crippen LogP) is 3.56. The molecule has 0 atom stereocenters. The number of phenols is 1. The highest BCUT2D eigenvalue weighted by molar-refractivity contribution is 5.90. The van der Waals surface area contributed by atoms with Gasteiger partial charge in [0.1, 0.15) is 11.4 Å². The zero-order valence-corrected chi connectivity index (χ0v) is 12.9. The van der Waals surface area contributed by atoms with Gasteiger partial charge in [0.05, 0.1) is 0 Å². The normalized spacial score (nSPS) is 15.7. The number of pyridine rings is 1. The van der Waals surface area contributed by atoms with E-state index in [0.29, 0.717) is 5.75 Å². The molecule has 1 aliphatic rings. The molecule has 4 heteroatoms. The first-order valence-electron chi connectivity index (χ1n) is 7.91. The third kappa shape index (κ3) is 2.85. The molecule has 1 aromatic carbocycles. The van der Waals surface area contributed by atoms with Gasteiger partial charge >= 0.3 is 0 Å². The average Bonchev–Trinajstić information content (AvgIpc) is 3.00. The van der Waals surface area contributed by atoms with Crippen molar-refractivity contribution in [1.29, 1.82) is 0 Å². The summed E-state index contributed by atoms with van der Waals surface area (Å²) < 4.78 is 0. The van der Waals surface area contributed by atoms with Gasteiger partial charge in [0.25, 0.3) is 0 Å². The minimum Gasteiger partial charge on any atom is -0.508 e. The number of rotatable bonds is 3. The number of aromatic amines is 1. The van der Waals surface area contributed by atoms with Gasteiger partial charge in [-0.15, -0.1) is 0 Å². The molecule has 0 bridgehead atoms. The van der Waals surface area contributed by atoms with Crippen LogP contribution in [-0.2, 0) is 6.54 Å². The maximum absolute atomic E-state index is 9.57. The van der Waals surface area contributed by atoms with E-state index < -0.39 is 0 Å².